The summed E-state index contributed by atoms with van der Waals surface area (Å²) in [4.78, 5) is 4.11. The highest BCUT2D eigenvalue weighted by Gasteiger charge is 2.16. The van der Waals surface area contributed by atoms with E-state index in [2.05, 4.69) is 10.3 Å². The smallest absolute Gasteiger partial charge is 0.140 e. The standard InChI is InChI=1S/C11H16N2O/c1-12-9-6-11(8-13-7-9)14-10-4-2-3-5-10/h6-8,10,12H,2-5H2,1H3. The van der Waals surface area contributed by atoms with Gasteiger partial charge in [-0.3, -0.25) is 4.98 Å². The molecule has 2 rings (SSSR count). The minimum absolute atomic E-state index is 0.406. The van der Waals surface area contributed by atoms with Crippen LogP contribution in [0.5, 0.6) is 5.75 Å². The van der Waals surface area contributed by atoms with Crippen molar-refractivity contribution in [2.45, 2.75) is 31.8 Å². The number of rotatable bonds is 3. The van der Waals surface area contributed by atoms with E-state index < -0.39 is 0 Å². The minimum atomic E-state index is 0.406. The molecule has 1 aromatic heterocycles. The average molecular weight is 192 g/mol. The Hall–Kier alpha value is -1.25. The Morgan fingerprint density at radius 3 is 2.86 bits per heavy atom. The quantitative estimate of drug-likeness (QED) is 0.798. The van der Waals surface area contributed by atoms with Crippen molar-refractivity contribution in [3.8, 4) is 5.75 Å². The monoisotopic (exact) mass is 192 g/mol. The van der Waals surface area contributed by atoms with E-state index in [1.165, 1.54) is 25.7 Å². The van der Waals surface area contributed by atoms with Gasteiger partial charge < -0.3 is 10.1 Å². The summed E-state index contributed by atoms with van der Waals surface area (Å²) in [6.45, 7) is 0. The summed E-state index contributed by atoms with van der Waals surface area (Å²) in [6, 6.07) is 1.99. The van der Waals surface area contributed by atoms with Gasteiger partial charge in [-0.05, 0) is 25.7 Å². The zero-order chi connectivity index (χ0) is 9.80. The molecule has 0 bridgehead atoms. The van der Waals surface area contributed by atoms with E-state index in [0.717, 1.165) is 11.4 Å². The van der Waals surface area contributed by atoms with Crippen LogP contribution < -0.4 is 10.1 Å². The van der Waals surface area contributed by atoms with Crippen molar-refractivity contribution in [1.29, 1.82) is 0 Å². The molecule has 0 atom stereocenters. The zero-order valence-corrected chi connectivity index (χ0v) is 8.49. The minimum Gasteiger partial charge on any atom is -0.489 e. The summed E-state index contributed by atoms with van der Waals surface area (Å²) < 4.78 is 5.82. The molecule has 1 N–H and O–H groups in total. The molecule has 0 radical (unpaired) electrons. The van der Waals surface area contributed by atoms with Crippen LogP contribution in [0.4, 0.5) is 5.69 Å². The van der Waals surface area contributed by atoms with E-state index in [1.54, 1.807) is 12.4 Å². The van der Waals surface area contributed by atoms with Gasteiger partial charge in [0.15, 0.2) is 0 Å². The van der Waals surface area contributed by atoms with E-state index in [0.29, 0.717) is 6.10 Å². The fourth-order valence-electron chi connectivity index (χ4n) is 1.82. The molecule has 1 aliphatic rings. The molecule has 1 saturated carbocycles. The van der Waals surface area contributed by atoms with Crippen LogP contribution in [0.2, 0.25) is 0 Å². The first kappa shape index (κ1) is 9.31. The van der Waals surface area contributed by atoms with E-state index in [9.17, 15) is 0 Å². The van der Waals surface area contributed by atoms with E-state index in [4.69, 9.17) is 4.74 Å². The van der Waals surface area contributed by atoms with Crippen LogP contribution in [-0.4, -0.2) is 18.1 Å². The topological polar surface area (TPSA) is 34.2 Å². The van der Waals surface area contributed by atoms with Crippen LogP contribution in [0.25, 0.3) is 0 Å². The van der Waals surface area contributed by atoms with Gasteiger partial charge in [0.2, 0.25) is 0 Å². The fourth-order valence-corrected chi connectivity index (χ4v) is 1.82. The molecule has 0 unspecified atom stereocenters. The van der Waals surface area contributed by atoms with Crippen LogP contribution in [-0.2, 0) is 0 Å². The third kappa shape index (κ3) is 2.16. The molecular weight excluding hydrogens is 176 g/mol. The average Bonchev–Trinajstić information content (AvgIpc) is 2.71. The van der Waals surface area contributed by atoms with Gasteiger partial charge in [0.25, 0.3) is 0 Å². The number of ether oxygens (including phenoxy) is 1. The first-order valence-electron chi connectivity index (χ1n) is 5.18. The Balaban J connectivity index is 2.00. The third-order valence-corrected chi connectivity index (χ3v) is 2.61. The lowest BCUT2D eigenvalue weighted by molar-refractivity contribution is 0.209. The molecule has 0 saturated heterocycles. The Morgan fingerprint density at radius 2 is 2.14 bits per heavy atom. The maximum atomic E-state index is 5.82. The van der Waals surface area contributed by atoms with Crippen LogP contribution in [0.3, 0.4) is 0 Å². The van der Waals surface area contributed by atoms with Gasteiger partial charge >= 0.3 is 0 Å². The van der Waals surface area contributed by atoms with Gasteiger partial charge in [-0.25, -0.2) is 0 Å². The summed E-state index contributed by atoms with van der Waals surface area (Å²) in [5, 5.41) is 3.05. The molecule has 0 amide bonds. The summed E-state index contributed by atoms with van der Waals surface area (Å²) in [5.41, 5.74) is 1.00. The van der Waals surface area contributed by atoms with Gasteiger partial charge in [-0.15, -0.1) is 0 Å². The second-order valence-electron chi connectivity index (χ2n) is 3.68. The summed E-state index contributed by atoms with van der Waals surface area (Å²) in [5.74, 6) is 0.878. The number of aromatic nitrogens is 1. The van der Waals surface area contributed by atoms with Crippen LogP contribution in [0, 0.1) is 0 Å². The van der Waals surface area contributed by atoms with Crippen LogP contribution >= 0.6 is 0 Å². The SMILES string of the molecule is CNc1cncc(OC2CCCC2)c1. The maximum absolute atomic E-state index is 5.82. The lowest BCUT2D eigenvalue weighted by Crippen LogP contribution is -2.11. The molecule has 1 aliphatic carbocycles. The van der Waals surface area contributed by atoms with Gasteiger partial charge in [-0.2, -0.15) is 0 Å². The highest BCUT2D eigenvalue weighted by Crippen LogP contribution is 2.24. The maximum Gasteiger partial charge on any atom is 0.140 e. The molecule has 0 aromatic carbocycles. The molecule has 1 fully saturated rings. The lowest BCUT2D eigenvalue weighted by atomic mass is 10.3. The fraction of sp³-hybridized carbons (Fsp3) is 0.545. The summed E-state index contributed by atoms with van der Waals surface area (Å²) in [6.07, 6.45) is 8.94. The number of hydrogen-bond acceptors (Lipinski definition) is 3. The Kier molecular flexibility index (Phi) is 2.87. The van der Waals surface area contributed by atoms with E-state index >= 15 is 0 Å². The predicted molar refractivity (Wildman–Crippen MR) is 56.7 cm³/mol. The van der Waals surface area contributed by atoms with Crippen molar-refractivity contribution in [1.82, 2.24) is 4.98 Å². The van der Waals surface area contributed by atoms with Crippen molar-refractivity contribution in [3.63, 3.8) is 0 Å². The molecule has 1 aromatic rings. The molecule has 0 aliphatic heterocycles. The number of nitrogens with zero attached hydrogens (tertiary/aromatic N) is 1. The second kappa shape index (κ2) is 4.31. The number of nitrogens with one attached hydrogen (secondary N) is 1. The second-order valence-corrected chi connectivity index (χ2v) is 3.68. The largest absolute Gasteiger partial charge is 0.489 e. The van der Waals surface area contributed by atoms with E-state index in [1.807, 2.05) is 13.1 Å². The molecular formula is C11H16N2O. The number of anilines is 1. The van der Waals surface area contributed by atoms with Crippen molar-refractivity contribution in [3.05, 3.63) is 18.5 Å². The van der Waals surface area contributed by atoms with E-state index in [-0.39, 0.29) is 0 Å². The normalized spacial score (nSPS) is 16.9. The summed E-state index contributed by atoms with van der Waals surface area (Å²) >= 11 is 0. The predicted octanol–water partition coefficient (Wildman–Crippen LogP) is 2.44. The highest BCUT2D eigenvalue weighted by atomic mass is 16.5. The molecule has 0 spiro atoms. The van der Waals surface area contributed by atoms with Crippen molar-refractivity contribution >= 4 is 5.69 Å². The Bertz CT molecular complexity index is 295. The first-order valence-corrected chi connectivity index (χ1v) is 5.18. The lowest BCUT2D eigenvalue weighted by Gasteiger charge is -2.13. The summed E-state index contributed by atoms with van der Waals surface area (Å²) in [7, 11) is 1.89. The van der Waals surface area contributed by atoms with Crippen LogP contribution in [0.1, 0.15) is 25.7 Å². The highest BCUT2D eigenvalue weighted by molar-refractivity contribution is 5.44. The zero-order valence-electron chi connectivity index (χ0n) is 8.49. The number of pyridine rings is 1. The first-order chi connectivity index (χ1) is 6.88. The molecule has 14 heavy (non-hydrogen) atoms. The van der Waals surface area contributed by atoms with Gasteiger partial charge in [0.1, 0.15) is 5.75 Å². The molecule has 76 valence electrons. The van der Waals surface area contributed by atoms with Crippen molar-refractivity contribution < 1.29 is 4.74 Å². The Labute approximate surface area is 84.5 Å². The van der Waals surface area contributed by atoms with Crippen LogP contribution in [0.15, 0.2) is 18.5 Å². The Morgan fingerprint density at radius 1 is 1.36 bits per heavy atom. The number of hydrogen-bond donors (Lipinski definition) is 1. The van der Waals surface area contributed by atoms with Gasteiger partial charge in [0, 0.05) is 13.1 Å². The molecule has 3 nitrogen and oxygen atoms in total. The van der Waals surface area contributed by atoms with Crippen molar-refractivity contribution in [2.75, 3.05) is 12.4 Å². The molecule has 1 heterocycles. The van der Waals surface area contributed by atoms with Gasteiger partial charge in [0.05, 0.1) is 24.2 Å². The van der Waals surface area contributed by atoms with Crippen molar-refractivity contribution in [2.24, 2.45) is 0 Å². The molecule has 3 heteroatoms. The van der Waals surface area contributed by atoms with Gasteiger partial charge in [-0.1, -0.05) is 0 Å². The third-order valence-electron chi connectivity index (χ3n) is 2.61.